The third-order valence-corrected chi connectivity index (χ3v) is 3.51. The molecule has 0 aromatic carbocycles. The van der Waals surface area contributed by atoms with Crippen molar-refractivity contribution in [3.8, 4) is 0 Å². The van der Waals surface area contributed by atoms with E-state index in [1.54, 1.807) is 6.08 Å². The van der Waals surface area contributed by atoms with Crippen molar-refractivity contribution in [3.63, 3.8) is 0 Å². The third-order valence-electron chi connectivity index (χ3n) is 3.51. The molecule has 0 rings (SSSR count). The van der Waals surface area contributed by atoms with E-state index in [0.717, 1.165) is 36.8 Å². The van der Waals surface area contributed by atoms with Gasteiger partial charge >= 0.3 is 0 Å². The molecule has 0 amide bonds. The van der Waals surface area contributed by atoms with Crippen LogP contribution in [0.1, 0.15) is 67.2 Å². The number of carbonyl (C=O) groups excluding carboxylic acids is 1. The van der Waals surface area contributed by atoms with Crippen molar-refractivity contribution < 1.29 is 9.90 Å². The molecule has 22 heavy (non-hydrogen) atoms. The minimum absolute atomic E-state index is 0.0492. The van der Waals surface area contributed by atoms with E-state index in [2.05, 4.69) is 39.8 Å². The maximum absolute atomic E-state index is 12.3. The highest BCUT2D eigenvalue weighted by molar-refractivity contribution is 6.05. The number of aliphatic hydroxyl groups is 1. The SMILES string of the molecule is CC(C)=CCC/C(C)=C/C(=O)/C(CO)=C(\C)CCC=C(C)C. The Kier molecular flexibility index (Phi) is 10.5. The van der Waals surface area contributed by atoms with Gasteiger partial charge in [-0.1, -0.05) is 34.4 Å². The number of allylic oxidation sites excluding steroid dienone is 7. The van der Waals surface area contributed by atoms with Crippen molar-refractivity contribution in [2.24, 2.45) is 0 Å². The quantitative estimate of drug-likeness (QED) is 0.463. The first-order valence-corrected chi connectivity index (χ1v) is 8.05. The van der Waals surface area contributed by atoms with Gasteiger partial charge in [0.15, 0.2) is 5.78 Å². The molecule has 0 heterocycles. The fraction of sp³-hybridized carbons (Fsp3) is 0.550. The van der Waals surface area contributed by atoms with Gasteiger partial charge < -0.3 is 5.11 Å². The lowest BCUT2D eigenvalue weighted by Crippen LogP contribution is -2.07. The van der Waals surface area contributed by atoms with Gasteiger partial charge in [-0.3, -0.25) is 4.79 Å². The zero-order valence-corrected chi connectivity index (χ0v) is 15.1. The summed E-state index contributed by atoms with van der Waals surface area (Å²) in [4.78, 5) is 12.3. The summed E-state index contributed by atoms with van der Waals surface area (Å²) in [7, 11) is 0. The number of carbonyl (C=O) groups is 1. The van der Waals surface area contributed by atoms with Crippen molar-refractivity contribution in [2.75, 3.05) is 6.61 Å². The summed E-state index contributed by atoms with van der Waals surface area (Å²) in [5.74, 6) is -0.0492. The number of rotatable bonds is 9. The van der Waals surface area contributed by atoms with E-state index in [1.165, 1.54) is 11.1 Å². The molecule has 0 unspecified atom stereocenters. The summed E-state index contributed by atoms with van der Waals surface area (Å²) in [5, 5.41) is 9.50. The molecule has 124 valence electrons. The van der Waals surface area contributed by atoms with Crippen LogP contribution < -0.4 is 0 Å². The molecule has 1 N–H and O–H groups in total. The number of aliphatic hydroxyl groups excluding tert-OH is 1. The van der Waals surface area contributed by atoms with Gasteiger partial charge in [-0.25, -0.2) is 0 Å². The minimum atomic E-state index is -0.183. The molecule has 2 heteroatoms. The van der Waals surface area contributed by atoms with Crippen molar-refractivity contribution >= 4 is 5.78 Å². The Morgan fingerprint density at radius 2 is 1.36 bits per heavy atom. The first-order valence-electron chi connectivity index (χ1n) is 8.05. The van der Waals surface area contributed by atoms with Gasteiger partial charge in [-0.15, -0.1) is 0 Å². The Labute approximate surface area is 136 Å². The smallest absolute Gasteiger partial charge is 0.184 e. The molecule has 0 bridgehead atoms. The second-order valence-electron chi connectivity index (χ2n) is 6.41. The van der Waals surface area contributed by atoms with Crippen LogP contribution in [0.15, 0.2) is 46.1 Å². The summed E-state index contributed by atoms with van der Waals surface area (Å²) in [5.41, 5.74) is 5.16. The molecule has 0 radical (unpaired) electrons. The van der Waals surface area contributed by atoms with Crippen molar-refractivity contribution in [2.45, 2.75) is 67.2 Å². The van der Waals surface area contributed by atoms with Gasteiger partial charge in [0.25, 0.3) is 0 Å². The number of ketones is 1. The van der Waals surface area contributed by atoms with Crippen LogP contribution in [0, 0.1) is 0 Å². The van der Waals surface area contributed by atoms with Crippen LogP contribution in [0.2, 0.25) is 0 Å². The molecule has 0 aromatic rings. The molecule has 0 atom stereocenters. The Bertz CT molecular complexity index is 480. The van der Waals surface area contributed by atoms with E-state index in [1.807, 2.05) is 13.8 Å². The second-order valence-corrected chi connectivity index (χ2v) is 6.41. The van der Waals surface area contributed by atoms with Gasteiger partial charge in [0, 0.05) is 5.57 Å². The van der Waals surface area contributed by atoms with Gasteiger partial charge in [-0.05, 0) is 73.3 Å². The lowest BCUT2D eigenvalue weighted by atomic mass is 9.99. The third kappa shape index (κ3) is 9.51. The fourth-order valence-electron chi connectivity index (χ4n) is 2.12. The number of hydrogen-bond donors (Lipinski definition) is 1. The Morgan fingerprint density at radius 3 is 1.82 bits per heavy atom. The normalized spacial score (nSPS) is 12.6. The topological polar surface area (TPSA) is 37.3 Å². The van der Waals surface area contributed by atoms with Gasteiger partial charge in [0.2, 0.25) is 0 Å². The maximum atomic E-state index is 12.3. The lowest BCUT2D eigenvalue weighted by molar-refractivity contribution is -0.111. The molecule has 2 nitrogen and oxygen atoms in total. The highest BCUT2D eigenvalue weighted by Crippen LogP contribution is 2.15. The first-order chi connectivity index (χ1) is 10.3. The Hall–Kier alpha value is -1.41. The number of hydrogen-bond acceptors (Lipinski definition) is 2. The molecule has 0 aromatic heterocycles. The average Bonchev–Trinajstić information content (AvgIpc) is 2.38. The van der Waals surface area contributed by atoms with Crippen molar-refractivity contribution in [3.05, 3.63) is 46.1 Å². The molecule has 0 aliphatic carbocycles. The van der Waals surface area contributed by atoms with E-state index in [4.69, 9.17) is 0 Å². The van der Waals surface area contributed by atoms with Crippen LogP contribution in [0.5, 0.6) is 0 Å². The van der Waals surface area contributed by atoms with E-state index in [0.29, 0.717) is 5.57 Å². The van der Waals surface area contributed by atoms with Crippen LogP contribution in [0.4, 0.5) is 0 Å². The monoisotopic (exact) mass is 304 g/mol. The van der Waals surface area contributed by atoms with Crippen LogP contribution in [-0.2, 0) is 4.79 Å². The van der Waals surface area contributed by atoms with Crippen LogP contribution in [0.3, 0.4) is 0 Å². The van der Waals surface area contributed by atoms with Crippen LogP contribution >= 0.6 is 0 Å². The molecule has 0 aliphatic heterocycles. The molecule has 0 fully saturated rings. The zero-order chi connectivity index (χ0) is 17.1. The highest BCUT2D eigenvalue weighted by atomic mass is 16.3. The molecular formula is C20H32O2. The molecule has 0 saturated heterocycles. The maximum Gasteiger partial charge on any atom is 0.184 e. The second kappa shape index (κ2) is 11.2. The van der Waals surface area contributed by atoms with Crippen molar-refractivity contribution in [1.29, 1.82) is 0 Å². The fourth-order valence-corrected chi connectivity index (χ4v) is 2.12. The van der Waals surface area contributed by atoms with Crippen molar-refractivity contribution in [1.82, 2.24) is 0 Å². The summed E-state index contributed by atoms with van der Waals surface area (Å²) in [6.45, 7) is 12.0. The largest absolute Gasteiger partial charge is 0.392 e. The molecule has 0 aliphatic rings. The predicted molar refractivity (Wildman–Crippen MR) is 95.9 cm³/mol. The minimum Gasteiger partial charge on any atom is -0.392 e. The predicted octanol–water partition coefficient (Wildman–Crippen LogP) is 5.30. The van der Waals surface area contributed by atoms with Gasteiger partial charge in [0.05, 0.1) is 6.61 Å². The summed E-state index contributed by atoms with van der Waals surface area (Å²) >= 11 is 0. The zero-order valence-electron chi connectivity index (χ0n) is 15.1. The van der Waals surface area contributed by atoms with E-state index in [9.17, 15) is 9.90 Å². The summed E-state index contributed by atoms with van der Waals surface area (Å²) in [6, 6.07) is 0. The van der Waals surface area contributed by atoms with Gasteiger partial charge in [0.1, 0.15) is 0 Å². The van der Waals surface area contributed by atoms with E-state index in [-0.39, 0.29) is 12.4 Å². The van der Waals surface area contributed by atoms with E-state index >= 15 is 0 Å². The van der Waals surface area contributed by atoms with Crippen LogP contribution in [-0.4, -0.2) is 17.5 Å². The summed E-state index contributed by atoms with van der Waals surface area (Å²) in [6.07, 6.45) is 9.57. The summed E-state index contributed by atoms with van der Waals surface area (Å²) < 4.78 is 0. The Morgan fingerprint density at radius 1 is 0.864 bits per heavy atom. The molecule has 0 spiro atoms. The average molecular weight is 304 g/mol. The standard InChI is InChI=1S/C20H32O2/c1-15(2)9-7-11-17(5)13-20(22)19(14-21)18(6)12-8-10-16(3)4/h9-10,13,21H,7-8,11-12,14H2,1-6H3/b17-13+,19-18+. The Balaban J connectivity index is 4.81. The van der Waals surface area contributed by atoms with Crippen LogP contribution in [0.25, 0.3) is 0 Å². The molecular weight excluding hydrogens is 272 g/mol. The first kappa shape index (κ1) is 20.6. The molecule has 0 saturated carbocycles. The van der Waals surface area contributed by atoms with E-state index < -0.39 is 0 Å². The highest BCUT2D eigenvalue weighted by Gasteiger charge is 2.09. The van der Waals surface area contributed by atoms with Gasteiger partial charge in [-0.2, -0.15) is 0 Å². The lowest BCUT2D eigenvalue weighted by Gasteiger charge is -2.07.